The first-order chi connectivity index (χ1) is 9.19. The van der Waals surface area contributed by atoms with E-state index in [2.05, 4.69) is 5.32 Å². The lowest BCUT2D eigenvalue weighted by atomic mass is 9.77. The summed E-state index contributed by atoms with van der Waals surface area (Å²) in [4.78, 5) is 11.9. The minimum absolute atomic E-state index is 0.000318. The molecule has 1 aromatic rings. The zero-order chi connectivity index (χ0) is 13.7. The molecule has 0 heterocycles. The van der Waals surface area contributed by atoms with Crippen LogP contribution < -0.4 is 10.1 Å². The van der Waals surface area contributed by atoms with E-state index in [4.69, 9.17) is 4.74 Å². The molecule has 2 rings (SSSR count). The molecule has 1 aliphatic rings. The van der Waals surface area contributed by atoms with Crippen molar-refractivity contribution in [2.45, 2.75) is 37.6 Å². The van der Waals surface area contributed by atoms with Crippen LogP contribution in [0.25, 0.3) is 0 Å². The Morgan fingerprint density at radius 1 is 1.42 bits per heavy atom. The Hall–Kier alpha value is -1.55. The summed E-state index contributed by atoms with van der Waals surface area (Å²) in [6, 6.07) is 7.72. The van der Waals surface area contributed by atoms with Crippen molar-refractivity contribution < 1.29 is 14.6 Å². The van der Waals surface area contributed by atoms with Crippen molar-refractivity contribution in [3.05, 3.63) is 29.8 Å². The van der Waals surface area contributed by atoms with Crippen molar-refractivity contribution in [3.63, 3.8) is 0 Å². The van der Waals surface area contributed by atoms with Crippen LogP contribution in [0.3, 0.4) is 0 Å². The molecule has 19 heavy (non-hydrogen) atoms. The maximum atomic E-state index is 11.9. The van der Waals surface area contributed by atoms with E-state index in [1.807, 2.05) is 24.3 Å². The molecule has 1 amide bonds. The van der Waals surface area contributed by atoms with Crippen molar-refractivity contribution >= 4 is 5.91 Å². The average Bonchev–Trinajstić information content (AvgIpc) is 2.41. The predicted octanol–water partition coefficient (Wildman–Crippen LogP) is 1.66. The molecule has 4 nitrogen and oxygen atoms in total. The van der Waals surface area contributed by atoms with E-state index >= 15 is 0 Å². The highest BCUT2D eigenvalue weighted by Crippen LogP contribution is 2.31. The lowest BCUT2D eigenvalue weighted by molar-refractivity contribution is -0.125. The second-order valence-corrected chi connectivity index (χ2v) is 5.15. The number of benzene rings is 1. The number of aryl methyl sites for hydroxylation is 1. The maximum Gasteiger partial charge on any atom is 0.220 e. The van der Waals surface area contributed by atoms with Gasteiger partial charge < -0.3 is 15.2 Å². The van der Waals surface area contributed by atoms with Crippen LogP contribution in [0, 0.1) is 0 Å². The minimum Gasteiger partial charge on any atom is -0.496 e. The minimum atomic E-state index is -0.349. The number of amides is 1. The van der Waals surface area contributed by atoms with Gasteiger partial charge in [0.05, 0.1) is 19.3 Å². The lowest BCUT2D eigenvalue weighted by Gasteiger charge is -2.41. The predicted molar refractivity (Wildman–Crippen MR) is 73.1 cm³/mol. The van der Waals surface area contributed by atoms with Gasteiger partial charge in [0.25, 0.3) is 0 Å². The summed E-state index contributed by atoms with van der Waals surface area (Å²) < 4.78 is 5.26. The second kappa shape index (κ2) is 6.06. The third kappa shape index (κ3) is 3.26. The van der Waals surface area contributed by atoms with Gasteiger partial charge in [0.1, 0.15) is 5.75 Å². The van der Waals surface area contributed by atoms with Crippen LogP contribution in [0.4, 0.5) is 0 Å². The van der Waals surface area contributed by atoms with Gasteiger partial charge in [-0.2, -0.15) is 0 Å². The third-order valence-electron chi connectivity index (χ3n) is 3.83. The first-order valence-corrected chi connectivity index (χ1v) is 6.73. The maximum absolute atomic E-state index is 11.9. The molecular formula is C15H21NO3. The Kier molecular flexibility index (Phi) is 4.43. The van der Waals surface area contributed by atoms with Gasteiger partial charge >= 0.3 is 0 Å². The Morgan fingerprint density at radius 3 is 2.74 bits per heavy atom. The van der Waals surface area contributed by atoms with Crippen LogP contribution in [0.5, 0.6) is 5.75 Å². The number of nitrogens with one attached hydrogen (secondary N) is 1. The monoisotopic (exact) mass is 263 g/mol. The fourth-order valence-corrected chi connectivity index (χ4v) is 2.44. The number of aliphatic hydroxyl groups excluding tert-OH is 1. The number of hydrogen-bond acceptors (Lipinski definition) is 3. The summed E-state index contributed by atoms with van der Waals surface area (Å²) in [7, 11) is 1.63. The molecule has 0 bridgehead atoms. The number of ether oxygens (including phenoxy) is 1. The molecule has 0 radical (unpaired) electrons. The SMILES string of the molecule is COc1ccccc1CCC(=O)NC1(CO)CCC1. The summed E-state index contributed by atoms with van der Waals surface area (Å²) in [6.07, 6.45) is 3.90. The fourth-order valence-electron chi connectivity index (χ4n) is 2.44. The standard InChI is InChI=1S/C15H21NO3/c1-19-13-6-3-2-5-12(13)7-8-14(18)16-15(11-17)9-4-10-15/h2-3,5-6,17H,4,7-11H2,1H3,(H,16,18). The number of methoxy groups -OCH3 is 1. The largest absolute Gasteiger partial charge is 0.496 e. The number of para-hydroxylation sites is 1. The van der Waals surface area contributed by atoms with E-state index in [0.29, 0.717) is 12.8 Å². The number of carbonyl (C=O) groups excluding carboxylic acids is 1. The number of aliphatic hydroxyl groups is 1. The van der Waals surface area contributed by atoms with Crippen LogP contribution in [-0.2, 0) is 11.2 Å². The molecule has 1 saturated carbocycles. The summed E-state index contributed by atoms with van der Waals surface area (Å²) in [6.45, 7) is 0.0351. The van der Waals surface area contributed by atoms with E-state index in [-0.39, 0.29) is 18.1 Å². The highest BCUT2D eigenvalue weighted by Gasteiger charge is 2.37. The first kappa shape index (κ1) is 13.9. The van der Waals surface area contributed by atoms with Crippen LogP contribution in [0.1, 0.15) is 31.2 Å². The van der Waals surface area contributed by atoms with Gasteiger partial charge in [0, 0.05) is 6.42 Å². The zero-order valence-electron chi connectivity index (χ0n) is 11.3. The van der Waals surface area contributed by atoms with E-state index in [1.54, 1.807) is 7.11 Å². The Labute approximate surface area is 113 Å². The number of carbonyl (C=O) groups is 1. The molecule has 0 saturated heterocycles. The van der Waals surface area contributed by atoms with E-state index in [9.17, 15) is 9.90 Å². The van der Waals surface area contributed by atoms with Crippen LogP contribution in [-0.4, -0.2) is 30.3 Å². The summed E-state index contributed by atoms with van der Waals surface area (Å²) >= 11 is 0. The highest BCUT2D eigenvalue weighted by atomic mass is 16.5. The Bertz CT molecular complexity index is 435. The average molecular weight is 263 g/mol. The second-order valence-electron chi connectivity index (χ2n) is 5.15. The van der Waals surface area contributed by atoms with Gasteiger partial charge in [-0.1, -0.05) is 18.2 Å². The van der Waals surface area contributed by atoms with Crippen molar-refractivity contribution in [2.24, 2.45) is 0 Å². The van der Waals surface area contributed by atoms with E-state index < -0.39 is 0 Å². The number of rotatable bonds is 6. The summed E-state index contributed by atoms with van der Waals surface area (Å²) in [5.74, 6) is 0.815. The molecule has 2 N–H and O–H groups in total. The molecular weight excluding hydrogens is 242 g/mol. The quantitative estimate of drug-likeness (QED) is 0.820. The normalized spacial score (nSPS) is 16.5. The Balaban J connectivity index is 1.86. The van der Waals surface area contributed by atoms with Gasteiger partial charge in [-0.05, 0) is 37.3 Å². The summed E-state index contributed by atoms with van der Waals surface area (Å²) in [5.41, 5.74) is 0.685. The van der Waals surface area contributed by atoms with Crippen LogP contribution >= 0.6 is 0 Å². The van der Waals surface area contributed by atoms with E-state index in [0.717, 1.165) is 30.6 Å². The molecule has 0 aliphatic heterocycles. The van der Waals surface area contributed by atoms with Crippen LogP contribution in [0.15, 0.2) is 24.3 Å². The molecule has 4 heteroatoms. The molecule has 0 spiro atoms. The molecule has 1 aliphatic carbocycles. The van der Waals surface area contributed by atoms with Crippen molar-refractivity contribution in [3.8, 4) is 5.75 Å². The molecule has 0 unspecified atom stereocenters. The van der Waals surface area contributed by atoms with Gasteiger partial charge in [-0.3, -0.25) is 4.79 Å². The smallest absolute Gasteiger partial charge is 0.220 e. The van der Waals surface area contributed by atoms with Crippen molar-refractivity contribution in [1.82, 2.24) is 5.32 Å². The van der Waals surface area contributed by atoms with Gasteiger partial charge in [-0.25, -0.2) is 0 Å². The molecule has 0 atom stereocenters. The van der Waals surface area contributed by atoms with Gasteiger partial charge in [-0.15, -0.1) is 0 Å². The third-order valence-corrected chi connectivity index (χ3v) is 3.83. The molecule has 0 aromatic heterocycles. The van der Waals surface area contributed by atoms with Crippen LogP contribution in [0.2, 0.25) is 0 Å². The van der Waals surface area contributed by atoms with Gasteiger partial charge in [0.15, 0.2) is 0 Å². The lowest BCUT2D eigenvalue weighted by Crippen LogP contribution is -2.56. The Morgan fingerprint density at radius 2 is 2.16 bits per heavy atom. The fraction of sp³-hybridized carbons (Fsp3) is 0.533. The van der Waals surface area contributed by atoms with Gasteiger partial charge in [0.2, 0.25) is 5.91 Å². The molecule has 1 aromatic carbocycles. The van der Waals surface area contributed by atoms with Crippen molar-refractivity contribution in [1.29, 1.82) is 0 Å². The number of hydrogen-bond donors (Lipinski definition) is 2. The van der Waals surface area contributed by atoms with E-state index in [1.165, 1.54) is 0 Å². The topological polar surface area (TPSA) is 58.6 Å². The summed E-state index contributed by atoms with van der Waals surface area (Å²) in [5, 5.41) is 12.3. The first-order valence-electron chi connectivity index (χ1n) is 6.73. The molecule has 1 fully saturated rings. The molecule has 104 valence electrons. The zero-order valence-corrected chi connectivity index (χ0v) is 11.3. The highest BCUT2D eigenvalue weighted by molar-refractivity contribution is 5.77. The van der Waals surface area contributed by atoms with Crippen molar-refractivity contribution in [2.75, 3.05) is 13.7 Å².